The molecule has 0 unspecified atom stereocenters. The van der Waals surface area contributed by atoms with Crippen molar-refractivity contribution in [1.82, 2.24) is 0 Å². The average molecular weight is 188 g/mol. The van der Waals surface area contributed by atoms with Crippen molar-refractivity contribution in [2.75, 3.05) is 0 Å². The third kappa shape index (κ3) is 1.69. The summed E-state index contributed by atoms with van der Waals surface area (Å²) in [6.45, 7) is 4.19. The number of rotatable bonds is 3. The first kappa shape index (κ1) is 8.99. The van der Waals surface area contributed by atoms with E-state index in [9.17, 15) is 0 Å². The zero-order valence-corrected chi connectivity index (χ0v) is 8.31. The van der Waals surface area contributed by atoms with Crippen LogP contribution in [-0.2, 0) is 0 Å². The maximum absolute atomic E-state index is 4.20. The molecule has 0 radical (unpaired) electrons. The number of hydrogen-bond acceptors (Lipinski definition) is 4. The quantitative estimate of drug-likeness (QED) is 0.605. The standard InChI is InChI=1S/C10H12N4/c1-10(2,9-13-5-6-14-9)7-8-11-3-4-12-8/h3-6H,7H2,1-2H3/q+2. The molecule has 0 saturated carbocycles. The van der Waals surface area contributed by atoms with E-state index in [1.165, 1.54) is 0 Å². The van der Waals surface area contributed by atoms with Crippen LogP contribution < -0.4 is 0 Å². The van der Waals surface area contributed by atoms with E-state index in [1.54, 1.807) is 24.9 Å². The Labute approximate surface area is 83.6 Å². The molecule has 0 amide bonds. The Kier molecular flexibility index (Phi) is 2.11. The van der Waals surface area contributed by atoms with Gasteiger partial charge >= 0.3 is 0 Å². The maximum atomic E-state index is 4.20. The van der Waals surface area contributed by atoms with Gasteiger partial charge < -0.3 is 0 Å². The van der Waals surface area contributed by atoms with E-state index < -0.39 is 0 Å². The molecule has 4 nitrogen and oxygen atoms in total. The summed E-state index contributed by atoms with van der Waals surface area (Å²) in [6, 6.07) is 0. The fourth-order valence-electron chi connectivity index (χ4n) is 1.43. The van der Waals surface area contributed by atoms with Crippen molar-refractivity contribution in [1.29, 1.82) is 0 Å². The molecule has 0 aromatic carbocycles. The Balaban J connectivity index is 2.01. The summed E-state index contributed by atoms with van der Waals surface area (Å²) in [6.07, 6.45) is 9.30. The van der Waals surface area contributed by atoms with Crippen LogP contribution in [-0.4, -0.2) is 24.9 Å². The molecule has 0 N–H and O–H groups in total. The lowest BCUT2D eigenvalue weighted by Crippen LogP contribution is -2.20. The molecule has 0 spiro atoms. The van der Waals surface area contributed by atoms with Crippen molar-refractivity contribution in [3.8, 4) is 0 Å². The number of nitrogens with zero attached hydrogens (tertiary/aromatic N) is 4. The Bertz CT molecular complexity index is 301. The molecule has 14 heavy (non-hydrogen) atoms. The summed E-state index contributed by atoms with van der Waals surface area (Å²) in [5, 5.41) is 0. The lowest BCUT2D eigenvalue weighted by atomic mass is 9.85. The van der Waals surface area contributed by atoms with E-state index in [0.717, 1.165) is 18.8 Å². The average Bonchev–Trinajstić information content (AvgIpc) is 2.71. The summed E-state index contributed by atoms with van der Waals surface area (Å²) in [5.41, 5.74) is -0.0994. The highest BCUT2D eigenvalue weighted by Crippen LogP contribution is 2.39. The summed E-state index contributed by atoms with van der Waals surface area (Å²) < 4.78 is 0. The third-order valence-electron chi connectivity index (χ3n) is 2.18. The second-order valence-corrected chi connectivity index (χ2v) is 3.91. The molecule has 2 aliphatic heterocycles. The Morgan fingerprint density at radius 3 is 2.00 bits per heavy atom. The minimum atomic E-state index is -0.0994. The van der Waals surface area contributed by atoms with Gasteiger partial charge in [-0.15, -0.1) is 0 Å². The lowest BCUT2D eigenvalue weighted by molar-refractivity contribution is 0.355. The first-order chi connectivity index (χ1) is 6.68. The first-order valence-corrected chi connectivity index (χ1v) is 4.55. The highest BCUT2D eigenvalue weighted by molar-refractivity contribution is 6.18. The molecule has 0 bridgehead atoms. The molecular weight excluding hydrogens is 176 g/mol. The van der Waals surface area contributed by atoms with Gasteiger partial charge in [-0.2, -0.15) is 0 Å². The van der Waals surface area contributed by atoms with Gasteiger partial charge in [0.1, 0.15) is 0 Å². The smallest absolute Gasteiger partial charge is 0.0968 e. The van der Waals surface area contributed by atoms with Gasteiger partial charge in [-0.25, -0.2) is 0 Å². The van der Waals surface area contributed by atoms with Crippen LogP contribution in [0.25, 0.3) is 0 Å². The van der Waals surface area contributed by atoms with Crippen molar-refractivity contribution >= 4 is 24.9 Å². The zero-order chi connectivity index (χ0) is 10.0. The van der Waals surface area contributed by atoms with Crippen LogP contribution in [0, 0.1) is 17.7 Å². The second-order valence-electron chi connectivity index (χ2n) is 3.91. The van der Waals surface area contributed by atoms with Crippen molar-refractivity contribution in [2.24, 2.45) is 25.4 Å². The van der Waals surface area contributed by atoms with E-state index in [-0.39, 0.29) is 5.41 Å². The monoisotopic (exact) mass is 188 g/mol. The van der Waals surface area contributed by atoms with Crippen LogP contribution in [0.4, 0.5) is 0 Å². The van der Waals surface area contributed by atoms with Gasteiger partial charge in [0.15, 0.2) is 24.9 Å². The van der Waals surface area contributed by atoms with Gasteiger partial charge in [-0.1, -0.05) is 20.0 Å². The molecule has 4 heteroatoms. The normalized spacial score (nSPS) is 19.0. The van der Waals surface area contributed by atoms with E-state index >= 15 is 0 Å². The third-order valence-corrected chi connectivity index (χ3v) is 2.18. The van der Waals surface area contributed by atoms with E-state index in [0.29, 0.717) is 0 Å². The van der Waals surface area contributed by atoms with Crippen LogP contribution >= 0.6 is 0 Å². The maximum Gasteiger partial charge on any atom is 0.247 e. The SMILES string of the molecule is CC(C)(C[C+]1N=CC=N1)[C+]1N=CC=N1. The predicted octanol–water partition coefficient (Wildman–Crippen LogP) is 1.69. The minimum absolute atomic E-state index is 0.0994. The van der Waals surface area contributed by atoms with Crippen molar-refractivity contribution in [3.63, 3.8) is 0 Å². The van der Waals surface area contributed by atoms with Crippen molar-refractivity contribution in [2.45, 2.75) is 20.3 Å². The fourth-order valence-corrected chi connectivity index (χ4v) is 1.43. The number of aliphatic imine (C=N–C) groups is 4. The van der Waals surface area contributed by atoms with Gasteiger partial charge in [0.05, 0.1) is 11.8 Å². The molecule has 0 fully saturated rings. The van der Waals surface area contributed by atoms with E-state index in [1.807, 2.05) is 0 Å². The van der Waals surface area contributed by atoms with Gasteiger partial charge in [-0.3, -0.25) is 0 Å². The highest BCUT2D eigenvalue weighted by atomic mass is 15.1. The summed E-state index contributed by atoms with van der Waals surface area (Å²) in [7, 11) is 0. The molecule has 0 saturated heterocycles. The second kappa shape index (κ2) is 3.29. The first-order valence-electron chi connectivity index (χ1n) is 4.55. The summed E-state index contributed by atoms with van der Waals surface area (Å²) in [5.74, 6) is 0. The van der Waals surface area contributed by atoms with Crippen molar-refractivity contribution < 1.29 is 0 Å². The lowest BCUT2D eigenvalue weighted by Gasteiger charge is -2.19. The predicted molar refractivity (Wildman–Crippen MR) is 58.9 cm³/mol. The topological polar surface area (TPSA) is 49.4 Å². The van der Waals surface area contributed by atoms with Gasteiger partial charge in [0.2, 0.25) is 12.3 Å². The fraction of sp³-hybridized carbons (Fsp3) is 0.400. The van der Waals surface area contributed by atoms with Crippen LogP contribution in [0.5, 0.6) is 0 Å². The van der Waals surface area contributed by atoms with E-state index in [4.69, 9.17) is 0 Å². The van der Waals surface area contributed by atoms with E-state index in [2.05, 4.69) is 33.8 Å². The molecule has 70 valence electrons. The molecule has 0 aromatic heterocycles. The van der Waals surface area contributed by atoms with Crippen LogP contribution in [0.2, 0.25) is 0 Å². The van der Waals surface area contributed by atoms with Crippen LogP contribution in [0.15, 0.2) is 20.0 Å². The molecular formula is C10H12N4+2. The molecule has 2 aliphatic rings. The summed E-state index contributed by atoms with van der Waals surface area (Å²) >= 11 is 0. The Morgan fingerprint density at radius 1 is 0.929 bits per heavy atom. The Hall–Kier alpha value is -1.58. The highest BCUT2D eigenvalue weighted by Gasteiger charge is 2.41. The Morgan fingerprint density at radius 2 is 1.43 bits per heavy atom. The summed E-state index contributed by atoms with van der Waals surface area (Å²) in [4.78, 5) is 16.7. The van der Waals surface area contributed by atoms with Gasteiger partial charge in [0, 0.05) is 0 Å². The zero-order valence-electron chi connectivity index (χ0n) is 8.31. The molecule has 0 aliphatic carbocycles. The van der Waals surface area contributed by atoms with Gasteiger partial charge in [-0.05, 0) is 13.8 Å². The molecule has 2 rings (SSSR count). The molecule has 2 heterocycles. The van der Waals surface area contributed by atoms with Crippen LogP contribution in [0.3, 0.4) is 0 Å². The number of hydrogen-bond donors (Lipinski definition) is 0. The minimum Gasteiger partial charge on any atom is -0.0968 e. The largest absolute Gasteiger partial charge is 0.247 e. The molecule has 0 atom stereocenters. The molecule has 0 aromatic rings. The van der Waals surface area contributed by atoms with Gasteiger partial charge in [0.25, 0.3) is 0 Å². The van der Waals surface area contributed by atoms with Crippen molar-refractivity contribution in [3.05, 3.63) is 12.3 Å². The van der Waals surface area contributed by atoms with Crippen LogP contribution in [0.1, 0.15) is 20.3 Å².